The summed E-state index contributed by atoms with van der Waals surface area (Å²) in [6.07, 6.45) is 0.381. The van der Waals surface area contributed by atoms with E-state index in [1.165, 1.54) is 0 Å². The molecule has 1 atom stereocenters. The first-order valence-electron chi connectivity index (χ1n) is 8.30. The molecule has 0 saturated carbocycles. The second-order valence-electron chi connectivity index (χ2n) is 6.46. The van der Waals surface area contributed by atoms with Crippen molar-refractivity contribution in [3.63, 3.8) is 0 Å². The van der Waals surface area contributed by atoms with Gasteiger partial charge in [-0.2, -0.15) is 0 Å². The number of hydrogen-bond acceptors (Lipinski definition) is 2. The van der Waals surface area contributed by atoms with Crippen LogP contribution in [0.5, 0.6) is 0 Å². The Hall–Kier alpha value is -2.62. The van der Waals surface area contributed by atoms with Gasteiger partial charge >= 0.3 is 0 Å². The van der Waals surface area contributed by atoms with Crippen LogP contribution in [0.2, 0.25) is 0 Å². The highest BCUT2D eigenvalue weighted by Crippen LogP contribution is 2.20. The van der Waals surface area contributed by atoms with Crippen molar-refractivity contribution in [1.82, 2.24) is 10.2 Å². The minimum atomic E-state index is -0.127. The lowest BCUT2D eigenvalue weighted by Crippen LogP contribution is -2.38. The van der Waals surface area contributed by atoms with Crippen LogP contribution in [0.4, 0.5) is 0 Å². The van der Waals surface area contributed by atoms with Crippen LogP contribution in [0.1, 0.15) is 30.6 Å². The average molecular weight is 322 g/mol. The maximum absolute atomic E-state index is 12.4. The van der Waals surface area contributed by atoms with Gasteiger partial charge in [-0.3, -0.25) is 9.59 Å². The van der Waals surface area contributed by atoms with E-state index in [-0.39, 0.29) is 23.9 Å². The zero-order valence-corrected chi connectivity index (χ0v) is 14.0. The predicted molar refractivity (Wildman–Crippen MR) is 94.6 cm³/mol. The summed E-state index contributed by atoms with van der Waals surface area (Å²) in [4.78, 5) is 26.1. The second kappa shape index (κ2) is 6.87. The van der Waals surface area contributed by atoms with Crippen molar-refractivity contribution in [3.05, 3.63) is 60.2 Å². The van der Waals surface area contributed by atoms with E-state index in [1.807, 2.05) is 73.3 Å². The Morgan fingerprint density at radius 2 is 1.67 bits per heavy atom. The van der Waals surface area contributed by atoms with Crippen molar-refractivity contribution in [2.24, 2.45) is 0 Å². The SMILES string of the molecule is CC(C)N1CC(NC(=O)c2ccc(-c3ccccc3)cc2)CC1=O. The zero-order chi connectivity index (χ0) is 17.1. The molecule has 1 heterocycles. The van der Waals surface area contributed by atoms with Gasteiger partial charge in [0.05, 0.1) is 6.04 Å². The molecule has 0 aromatic heterocycles. The normalized spacial score (nSPS) is 17.4. The van der Waals surface area contributed by atoms with E-state index in [4.69, 9.17) is 0 Å². The number of nitrogens with one attached hydrogen (secondary N) is 1. The summed E-state index contributed by atoms with van der Waals surface area (Å²) in [7, 11) is 0. The Morgan fingerprint density at radius 3 is 2.25 bits per heavy atom. The quantitative estimate of drug-likeness (QED) is 0.940. The number of likely N-dealkylation sites (tertiary alicyclic amines) is 1. The fourth-order valence-corrected chi connectivity index (χ4v) is 3.04. The molecule has 2 amide bonds. The fourth-order valence-electron chi connectivity index (χ4n) is 3.04. The molecule has 1 saturated heterocycles. The molecule has 1 aliphatic rings. The Bertz CT molecular complexity index is 723. The molecule has 1 N–H and O–H groups in total. The third-order valence-electron chi connectivity index (χ3n) is 4.37. The zero-order valence-electron chi connectivity index (χ0n) is 14.0. The lowest BCUT2D eigenvalue weighted by atomic mass is 10.0. The van der Waals surface area contributed by atoms with Crippen molar-refractivity contribution in [1.29, 1.82) is 0 Å². The van der Waals surface area contributed by atoms with Gasteiger partial charge in [-0.15, -0.1) is 0 Å². The highest BCUT2D eigenvalue weighted by atomic mass is 16.2. The summed E-state index contributed by atoms with van der Waals surface area (Å²) >= 11 is 0. The Labute approximate surface area is 142 Å². The van der Waals surface area contributed by atoms with Gasteiger partial charge < -0.3 is 10.2 Å². The van der Waals surface area contributed by atoms with Gasteiger partial charge in [-0.05, 0) is 37.1 Å². The van der Waals surface area contributed by atoms with Gasteiger partial charge in [-0.25, -0.2) is 0 Å². The minimum Gasteiger partial charge on any atom is -0.347 e. The predicted octanol–water partition coefficient (Wildman–Crippen LogP) is 3.09. The van der Waals surface area contributed by atoms with E-state index in [0.29, 0.717) is 18.5 Å². The van der Waals surface area contributed by atoms with Crippen LogP contribution in [0.3, 0.4) is 0 Å². The van der Waals surface area contributed by atoms with Gasteiger partial charge in [0, 0.05) is 24.6 Å². The molecule has 1 unspecified atom stereocenters. The molecule has 2 aromatic carbocycles. The topological polar surface area (TPSA) is 49.4 Å². The fraction of sp³-hybridized carbons (Fsp3) is 0.300. The molecule has 1 fully saturated rings. The van der Waals surface area contributed by atoms with Gasteiger partial charge in [0.15, 0.2) is 0 Å². The summed E-state index contributed by atoms with van der Waals surface area (Å²) in [5.74, 6) is -0.0206. The monoisotopic (exact) mass is 322 g/mol. The number of hydrogen-bond donors (Lipinski definition) is 1. The van der Waals surface area contributed by atoms with E-state index in [2.05, 4.69) is 5.32 Å². The first-order valence-corrected chi connectivity index (χ1v) is 8.30. The highest BCUT2D eigenvalue weighted by molar-refractivity contribution is 5.95. The van der Waals surface area contributed by atoms with Crippen molar-refractivity contribution >= 4 is 11.8 Å². The largest absolute Gasteiger partial charge is 0.347 e. The van der Waals surface area contributed by atoms with Crippen LogP contribution < -0.4 is 5.32 Å². The standard InChI is InChI=1S/C20H22N2O2/c1-14(2)22-13-18(12-19(22)23)21-20(24)17-10-8-16(9-11-17)15-6-4-3-5-7-15/h3-11,14,18H,12-13H2,1-2H3,(H,21,24). The first-order chi connectivity index (χ1) is 11.5. The molecule has 0 aliphatic carbocycles. The molecular weight excluding hydrogens is 300 g/mol. The van der Waals surface area contributed by atoms with Crippen molar-refractivity contribution in [2.75, 3.05) is 6.54 Å². The molecule has 0 bridgehead atoms. The number of rotatable bonds is 4. The molecule has 1 aliphatic heterocycles. The van der Waals surface area contributed by atoms with Gasteiger partial charge in [0.25, 0.3) is 5.91 Å². The lowest BCUT2D eigenvalue weighted by Gasteiger charge is -2.21. The molecular formula is C20H22N2O2. The molecule has 0 spiro atoms. The lowest BCUT2D eigenvalue weighted by molar-refractivity contribution is -0.129. The average Bonchev–Trinajstić information content (AvgIpc) is 2.96. The number of amides is 2. The number of nitrogens with zero attached hydrogens (tertiary/aromatic N) is 1. The smallest absolute Gasteiger partial charge is 0.251 e. The van der Waals surface area contributed by atoms with Crippen LogP contribution >= 0.6 is 0 Å². The summed E-state index contributed by atoms with van der Waals surface area (Å²) in [5.41, 5.74) is 2.82. The van der Waals surface area contributed by atoms with Gasteiger partial charge in [0.1, 0.15) is 0 Å². The van der Waals surface area contributed by atoms with Crippen molar-refractivity contribution < 1.29 is 9.59 Å². The Kier molecular flexibility index (Phi) is 4.65. The van der Waals surface area contributed by atoms with Crippen LogP contribution in [0.15, 0.2) is 54.6 Å². The molecule has 2 aromatic rings. The van der Waals surface area contributed by atoms with Gasteiger partial charge in [0.2, 0.25) is 5.91 Å². The molecule has 3 rings (SSSR count). The summed E-state index contributed by atoms with van der Waals surface area (Å²) < 4.78 is 0. The number of carbonyl (C=O) groups excluding carboxylic acids is 2. The van der Waals surface area contributed by atoms with Crippen molar-refractivity contribution in [3.8, 4) is 11.1 Å². The van der Waals surface area contributed by atoms with Crippen LogP contribution in [-0.4, -0.2) is 35.3 Å². The third-order valence-corrected chi connectivity index (χ3v) is 4.37. The molecule has 0 radical (unpaired) electrons. The maximum Gasteiger partial charge on any atom is 0.251 e. The van der Waals surface area contributed by atoms with Crippen LogP contribution in [-0.2, 0) is 4.79 Å². The maximum atomic E-state index is 12.4. The van der Waals surface area contributed by atoms with Crippen molar-refractivity contribution in [2.45, 2.75) is 32.4 Å². The van der Waals surface area contributed by atoms with E-state index in [9.17, 15) is 9.59 Å². The highest BCUT2D eigenvalue weighted by Gasteiger charge is 2.32. The summed E-state index contributed by atoms with van der Waals surface area (Å²) in [6.45, 7) is 4.57. The summed E-state index contributed by atoms with van der Waals surface area (Å²) in [6, 6.07) is 17.7. The summed E-state index contributed by atoms with van der Waals surface area (Å²) in [5, 5.41) is 2.97. The van der Waals surface area contributed by atoms with Crippen LogP contribution in [0.25, 0.3) is 11.1 Å². The Balaban J connectivity index is 1.65. The molecule has 4 nitrogen and oxygen atoms in total. The molecule has 4 heteroatoms. The third kappa shape index (κ3) is 3.48. The van der Waals surface area contributed by atoms with Gasteiger partial charge in [-0.1, -0.05) is 42.5 Å². The van der Waals surface area contributed by atoms with E-state index in [0.717, 1.165) is 11.1 Å². The van der Waals surface area contributed by atoms with E-state index < -0.39 is 0 Å². The number of benzene rings is 2. The molecule has 24 heavy (non-hydrogen) atoms. The Morgan fingerprint density at radius 1 is 1.04 bits per heavy atom. The molecule has 124 valence electrons. The first kappa shape index (κ1) is 16.2. The van der Waals surface area contributed by atoms with E-state index >= 15 is 0 Å². The second-order valence-corrected chi connectivity index (χ2v) is 6.46. The van der Waals surface area contributed by atoms with E-state index in [1.54, 1.807) is 0 Å². The number of carbonyl (C=O) groups is 2. The van der Waals surface area contributed by atoms with Crippen LogP contribution in [0, 0.1) is 0 Å². The minimum absolute atomic E-state index is 0.106.